The second-order valence-corrected chi connectivity index (χ2v) is 8.39. The van der Waals surface area contributed by atoms with E-state index in [1.54, 1.807) is 7.05 Å². The van der Waals surface area contributed by atoms with Crippen LogP contribution in [0.15, 0.2) is 35.3 Å². The van der Waals surface area contributed by atoms with Crippen LogP contribution in [0.1, 0.15) is 37.7 Å². The summed E-state index contributed by atoms with van der Waals surface area (Å²) in [5.74, 6) is 2.05. The predicted molar refractivity (Wildman–Crippen MR) is 127 cm³/mol. The van der Waals surface area contributed by atoms with E-state index in [4.69, 9.17) is 0 Å². The van der Waals surface area contributed by atoms with Gasteiger partial charge in [0, 0.05) is 42.4 Å². The van der Waals surface area contributed by atoms with Crippen LogP contribution >= 0.6 is 24.0 Å². The highest BCUT2D eigenvalue weighted by Crippen LogP contribution is 2.09. The minimum atomic E-state index is -0.854. The van der Waals surface area contributed by atoms with Gasteiger partial charge in [-0.2, -0.15) is 0 Å². The van der Waals surface area contributed by atoms with Gasteiger partial charge in [0.05, 0.1) is 0 Å². The van der Waals surface area contributed by atoms with Gasteiger partial charge in [-0.25, -0.2) is 0 Å². The lowest BCUT2D eigenvalue weighted by molar-refractivity contribution is 0.282. The van der Waals surface area contributed by atoms with E-state index in [2.05, 4.69) is 20.5 Å². The molecule has 2 rings (SSSR count). The Balaban J connectivity index is 0.00000364. The molecule has 7 heteroatoms. The molecule has 0 spiro atoms. The SMILES string of the molecule is CN=C(NCCCN1CCCCCC1)NCCS(=O)Cc1ccccc1.I. The maximum atomic E-state index is 12.2. The number of halogens is 1. The molecule has 1 heterocycles. The Kier molecular flexibility index (Phi) is 13.8. The van der Waals surface area contributed by atoms with Gasteiger partial charge in [-0.1, -0.05) is 43.2 Å². The molecule has 0 bridgehead atoms. The number of aliphatic imine (C=N–C) groups is 1. The first kappa shape index (κ1) is 24.4. The van der Waals surface area contributed by atoms with Gasteiger partial charge in [0.2, 0.25) is 0 Å². The van der Waals surface area contributed by atoms with E-state index in [1.807, 2.05) is 30.3 Å². The Labute approximate surface area is 184 Å². The fourth-order valence-electron chi connectivity index (χ4n) is 3.21. The monoisotopic (exact) mass is 506 g/mol. The van der Waals surface area contributed by atoms with Crippen LogP contribution in [-0.4, -0.2) is 60.6 Å². The largest absolute Gasteiger partial charge is 0.356 e. The normalized spacial score (nSPS) is 16.9. The molecule has 0 radical (unpaired) electrons. The highest BCUT2D eigenvalue weighted by Gasteiger charge is 2.08. The van der Waals surface area contributed by atoms with Crippen LogP contribution in [0, 0.1) is 0 Å². The van der Waals surface area contributed by atoms with Crippen molar-refractivity contribution in [3.63, 3.8) is 0 Å². The molecule has 1 fully saturated rings. The van der Waals surface area contributed by atoms with Crippen molar-refractivity contribution in [2.45, 2.75) is 37.9 Å². The third kappa shape index (κ3) is 11.0. The van der Waals surface area contributed by atoms with Gasteiger partial charge in [0.25, 0.3) is 0 Å². The molecule has 1 aliphatic heterocycles. The number of hydrogen-bond acceptors (Lipinski definition) is 3. The molecule has 1 saturated heterocycles. The molecular formula is C20H35IN4OS. The third-order valence-corrected chi connectivity index (χ3v) is 5.97. The quantitative estimate of drug-likeness (QED) is 0.234. The van der Waals surface area contributed by atoms with Gasteiger partial charge in [-0.3, -0.25) is 9.20 Å². The van der Waals surface area contributed by atoms with Crippen LogP contribution < -0.4 is 10.6 Å². The van der Waals surface area contributed by atoms with Crippen molar-refractivity contribution < 1.29 is 4.21 Å². The maximum absolute atomic E-state index is 12.2. The Hall–Kier alpha value is -0.670. The summed E-state index contributed by atoms with van der Waals surface area (Å²) in [5.41, 5.74) is 1.13. The number of nitrogens with zero attached hydrogens (tertiary/aromatic N) is 2. The Morgan fingerprint density at radius 2 is 1.74 bits per heavy atom. The molecule has 0 aromatic heterocycles. The summed E-state index contributed by atoms with van der Waals surface area (Å²) in [4.78, 5) is 6.83. The first-order valence-corrected chi connectivity index (χ1v) is 11.3. The van der Waals surface area contributed by atoms with Gasteiger partial charge in [0.1, 0.15) is 0 Å². The number of rotatable bonds is 9. The lowest BCUT2D eigenvalue weighted by atomic mass is 10.2. The topological polar surface area (TPSA) is 56.7 Å². The number of benzene rings is 1. The lowest BCUT2D eigenvalue weighted by Gasteiger charge is -2.20. The molecule has 0 amide bonds. The summed E-state index contributed by atoms with van der Waals surface area (Å²) in [5, 5.41) is 6.63. The predicted octanol–water partition coefficient (Wildman–Crippen LogP) is 2.98. The molecule has 0 saturated carbocycles. The highest BCUT2D eigenvalue weighted by molar-refractivity contribution is 14.0. The summed E-state index contributed by atoms with van der Waals surface area (Å²) in [6.45, 7) is 5.25. The van der Waals surface area contributed by atoms with Crippen molar-refractivity contribution in [3.8, 4) is 0 Å². The van der Waals surface area contributed by atoms with Crippen LogP contribution in [0.3, 0.4) is 0 Å². The summed E-state index contributed by atoms with van der Waals surface area (Å²) >= 11 is 0. The van der Waals surface area contributed by atoms with Crippen molar-refractivity contribution in [2.24, 2.45) is 4.99 Å². The van der Waals surface area contributed by atoms with E-state index < -0.39 is 10.8 Å². The summed E-state index contributed by atoms with van der Waals surface area (Å²) in [6.07, 6.45) is 6.59. The van der Waals surface area contributed by atoms with Gasteiger partial charge >= 0.3 is 0 Å². The average molecular weight is 506 g/mol. The number of nitrogens with one attached hydrogen (secondary N) is 2. The summed E-state index contributed by atoms with van der Waals surface area (Å²) < 4.78 is 12.2. The Morgan fingerprint density at radius 1 is 1.07 bits per heavy atom. The van der Waals surface area contributed by atoms with E-state index in [0.717, 1.165) is 31.0 Å². The Morgan fingerprint density at radius 3 is 2.41 bits per heavy atom. The van der Waals surface area contributed by atoms with Gasteiger partial charge < -0.3 is 15.5 Å². The van der Waals surface area contributed by atoms with Gasteiger partial charge in [-0.05, 0) is 44.5 Å². The van der Waals surface area contributed by atoms with Crippen molar-refractivity contribution in [1.29, 1.82) is 0 Å². The average Bonchev–Trinajstić information content (AvgIpc) is 2.93. The van der Waals surface area contributed by atoms with E-state index in [9.17, 15) is 4.21 Å². The molecule has 1 aromatic rings. The van der Waals surface area contributed by atoms with E-state index in [0.29, 0.717) is 18.1 Å². The van der Waals surface area contributed by atoms with Crippen molar-refractivity contribution in [1.82, 2.24) is 15.5 Å². The first-order chi connectivity index (χ1) is 12.8. The molecule has 1 atom stereocenters. The zero-order valence-electron chi connectivity index (χ0n) is 16.5. The van der Waals surface area contributed by atoms with Gasteiger partial charge in [-0.15, -0.1) is 24.0 Å². The molecule has 154 valence electrons. The molecule has 0 aliphatic carbocycles. The minimum absolute atomic E-state index is 0. The summed E-state index contributed by atoms with van der Waals surface area (Å²) in [6, 6.07) is 10.0. The molecule has 5 nitrogen and oxygen atoms in total. The molecule has 2 N–H and O–H groups in total. The fourth-order valence-corrected chi connectivity index (χ4v) is 4.24. The fraction of sp³-hybridized carbons (Fsp3) is 0.650. The zero-order chi connectivity index (χ0) is 18.5. The van der Waals surface area contributed by atoms with Crippen LogP contribution in [0.4, 0.5) is 0 Å². The van der Waals surface area contributed by atoms with Crippen molar-refractivity contribution in [2.75, 3.05) is 45.5 Å². The van der Waals surface area contributed by atoms with E-state index in [1.165, 1.54) is 38.8 Å². The van der Waals surface area contributed by atoms with Crippen LogP contribution in [-0.2, 0) is 16.6 Å². The molecule has 1 aliphatic rings. The number of likely N-dealkylation sites (tertiary alicyclic amines) is 1. The van der Waals surface area contributed by atoms with Gasteiger partial charge in [0.15, 0.2) is 5.96 Å². The maximum Gasteiger partial charge on any atom is 0.191 e. The highest BCUT2D eigenvalue weighted by atomic mass is 127. The van der Waals surface area contributed by atoms with E-state index in [-0.39, 0.29) is 24.0 Å². The minimum Gasteiger partial charge on any atom is -0.356 e. The van der Waals surface area contributed by atoms with Crippen molar-refractivity contribution >= 4 is 40.7 Å². The first-order valence-electron chi connectivity index (χ1n) is 9.83. The Bertz CT molecular complexity index is 548. The molecule has 1 aromatic carbocycles. The van der Waals surface area contributed by atoms with E-state index >= 15 is 0 Å². The third-order valence-electron chi connectivity index (χ3n) is 4.66. The van der Waals surface area contributed by atoms with Crippen LogP contribution in [0.2, 0.25) is 0 Å². The number of hydrogen-bond donors (Lipinski definition) is 2. The second-order valence-electron chi connectivity index (χ2n) is 6.81. The molecular weight excluding hydrogens is 471 g/mol. The molecule has 1 unspecified atom stereocenters. The lowest BCUT2D eigenvalue weighted by Crippen LogP contribution is -2.40. The van der Waals surface area contributed by atoms with Crippen LogP contribution in [0.25, 0.3) is 0 Å². The van der Waals surface area contributed by atoms with Crippen molar-refractivity contribution in [3.05, 3.63) is 35.9 Å². The summed E-state index contributed by atoms with van der Waals surface area (Å²) in [7, 11) is 0.929. The van der Waals surface area contributed by atoms with Crippen LogP contribution in [0.5, 0.6) is 0 Å². The zero-order valence-corrected chi connectivity index (χ0v) is 19.6. The second kappa shape index (κ2) is 15.3. The smallest absolute Gasteiger partial charge is 0.191 e. The number of guanidine groups is 1. The standard InChI is InChI=1S/C20H34N4OS.HI/c1-21-20(22-12-9-16-24-14-7-2-3-8-15-24)23-13-17-26(25)18-19-10-5-4-6-11-19;/h4-6,10-11H,2-3,7-9,12-18H2,1H3,(H2,21,22,23);1H. The molecule has 27 heavy (non-hydrogen) atoms.